The Labute approximate surface area is 155 Å². The van der Waals surface area contributed by atoms with Gasteiger partial charge in [-0.2, -0.15) is 5.10 Å². The second-order valence-corrected chi connectivity index (χ2v) is 6.18. The summed E-state index contributed by atoms with van der Waals surface area (Å²) in [5.74, 6) is 0.768. The van der Waals surface area contributed by atoms with Gasteiger partial charge in [0.2, 0.25) is 5.95 Å². The maximum atomic E-state index is 12.2. The Morgan fingerprint density at radius 2 is 1.93 bits per heavy atom. The summed E-state index contributed by atoms with van der Waals surface area (Å²) in [6.07, 6.45) is 0.812. The highest BCUT2D eigenvalue weighted by atomic mass is 16.2. The van der Waals surface area contributed by atoms with E-state index in [9.17, 15) is 9.59 Å². The standard InChI is InChI=1S/C18H21N7O2/c1-4-13-9-14(21-17(20-13)25(2)3)11-5-7-12(8-6-11)16(26)19-10-15-22-18(27)24-23-15/h5-9H,4,10H2,1-3H3,(H,19,26)(H2,22,23,24,27). The summed E-state index contributed by atoms with van der Waals surface area (Å²) in [5, 5.41) is 8.71. The number of amides is 1. The van der Waals surface area contributed by atoms with Crippen LogP contribution in [0.15, 0.2) is 35.1 Å². The topological polar surface area (TPSA) is 120 Å². The number of carbonyl (C=O) groups excluding carboxylic acids is 1. The molecule has 140 valence electrons. The minimum atomic E-state index is -0.406. The maximum absolute atomic E-state index is 12.2. The molecule has 3 N–H and O–H groups in total. The van der Waals surface area contributed by atoms with Crippen molar-refractivity contribution in [3.8, 4) is 11.3 Å². The number of H-pyrrole nitrogens is 2. The first-order chi connectivity index (χ1) is 13.0. The summed E-state index contributed by atoms with van der Waals surface area (Å²) in [7, 11) is 3.80. The first-order valence-electron chi connectivity index (χ1n) is 8.53. The molecule has 0 radical (unpaired) electrons. The molecule has 0 saturated carbocycles. The molecule has 1 aromatic carbocycles. The number of nitrogens with one attached hydrogen (secondary N) is 3. The monoisotopic (exact) mass is 367 g/mol. The van der Waals surface area contributed by atoms with Crippen molar-refractivity contribution in [3.05, 3.63) is 57.9 Å². The van der Waals surface area contributed by atoms with Gasteiger partial charge < -0.3 is 10.2 Å². The van der Waals surface area contributed by atoms with Crippen LogP contribution in [0.5, 0.6) is 0 Å². The van der Waals surface area contributed by atoms with Crippen LogP contribution in [-0.2, 0) is 13.0 Å². The molecule has 2 aromatic heterocycles. The fourth-order valence-corrected chi connectivity index (χ4v) is 2.46. The van der Waals surface area contributed by atoms with E-state index in [4.69, 9.17) is 0 Å². The van der Waals surface area contributed by atoms with Crippen molar-refractivity contribution in [2.75, 3.05) is 19.0 Å². The molecule has 0 fully saturated rings. The number of rotatable bonds is 6. The summed E-state index contributed by atoms with van der Waals surface area (Å²) in [4.78, 5) is 36.6. The lowest BCUT2D eigenvalue weighted by Gasteiger charge is -2.13. The van der Waals surface area contributed by atoms with Crippen LogP contribution in [0.25, 0.3) is 11.3 Å². The smallest absolute Gasteiger partial charge is 0.340 e. The third-order valence-corrected chi connectivity index (χ3v) is 3.94. The third kappa shape index (κ3) is 4.38. The van der Waals surface area contributed by atoms with E-state index in [0.29, 0.717) is 17.3 Å². The van der Waals surface area contributed by atoms with E-state index in [1.165, 1.54) is 0 Å². The zero-order valence-electron chi connectivity index (χ0n) is 15.4. The van der Waals surface area contributed by atoms with Gasteiger partial charge in [-0.3, -0.25) is 9.78 Å². The number of carbonyl (C=O) groups is 1. The Kier molecular flexibility index (Phi) is 5.30. The molecule has 0 aliphatic carbocycles. The van der Waals surface area contributed by atoms with Crippen LogP contribution in [-0.4, -0.2) is 45.2 Å². The van der Waals surface area contributed by atoms with Crippen LogP contribution in [0.2, 0.25) is 0 Å². The van der Waals surface area contributed by atoms with Gasteiger partial charge in [0.25, 0.3) is 5.91 Å². The number of nitrogens with zero attached hydrogens (tertiary/aromatic N) is 4. The highest BCUT2D eigenvalue weighted by Crippen LogP contribution is 2.21. The number of aromatic nitrogens is 5. The lowest BCUT2D eigenvalue weighted by molar-refractivity contribution is 0.0950. The Morgan fingerprint density at radius 3 is 2.52 bits per heavy atom. The first kappa shape index (κ1) is 18.3. The summed E-state index contributed by atoms with van der Waals surface area (Å²) in [6, 6.07) is 9.14. The molecule has 0 spiro atoms. The summed E-state index contributed by atoms with van der Waals surface area (Å²) in [6.45, 7) is 2.18. The second-order valence-electron chi connectivity index (χ2n) is 6.18. The highest BCUT2D eigenvalue weighted by molar-refractivity contribution is 5.94. The molecule has 3 aromatic rings. The van der Waals surface area contributed by atoms with E-state index < -0.39 is 5.69 Å². The molecule has 0 bridgehead atoms. The predicted molar refractivity (Wildman–Crippen MR) is 102 cm³/mol. The predicted octanol–water partition coefficient (Wildman–Crippen LogP) is 1.11. The van der Waals surface area contributed by atoms with Crippen molar-refractivity contribution in [1.29, 1.82) is 0 Å². The van der Waals surface area contributed by atoms with Crippen molar-refractivity contribution in [3.63, 3.8) is 0 Å². The fourth-order valence-electron chi connectivity index (χ4n) is 2.46. The summed E-state index contributed by atoms with van der Waals surface area (Å²) >= 11 is 0. The Hall–Kier alpha value is -3.49. The molecule has 9 heteroatoms. The van der Waals surface area contributed by atoms with Gasteiger partial charge in [0.05, 0.1) is 12.2 Å². The van der Waals surface area contributed by atoms with E-state index in [0.717, 1.165) is 23.4 Å². The number of aryl methyl sites for hydroxylation is 1. The molecular weight excluding hydrogens is 346 g/mol. The van der Waals surface area contributed by atoms with E-state index in [1.807, 2.05) is 44.1 Å². The third-order valence-electron chi connectivity index (χ3n) is 3.94. The van der Waals surface area contributed by atoms with Gasteiger partial charge in [0.15, 0.2) is 0 Å². The molecule has 0 saturated heterocycles. The zero-order valence-corrected chi connectivity index (χ0v) is 15.4. The summed E-state index contributed by atoms with van der Waals surface area (Å²) in [5.41, 5.74) is 2.78. The van der Waals surface area contributed by atoms with E-state index in [1.54, 1.807) is 12.1 Å². The summed E-state index contributed by atoms with van der Waals surface area (Å²) < 4.78 is 0. The van der Waals surface area contributed by atoms with Gasteiger partial charge in [-0.05, 0) is 24.6 Å². The average molecular weight is 367 g/mol. The highest BCUT2D eigenvalue weighted by Gasteiger charge is 2.10. The minimum Gasteiger partial charge on any atom is -0.347 e. The molecule has 27 heavy (non-hydrogen) atoms. The van der Waals surface area contributed by atoms with Crippen molar-refractivity contribution < 1.29 is 4.79 Å². The molecule has 1 amide bonds. The molecule has 0 aliphatic heterocycles. The minimum absolute atomic E-state index is 0.136. The Morgan fingerprint density at radius 1 is 1.19 bits per heavy atom. The molecule has 2 heterocycles. The van der Waals surface area contributed by atoms with E-state index in [-0.39, 0.29) is 12.5 Å². The number of hydrogen-bond donors (Lipinski definition) is 3. The van der Waals surface area contributed by atoms with Crippen molar-refractivity contribution in [2.45, 2.75) is 19.9 Å². The van der Waals surface area contributed by atoms with Crippen molar-refractivity contribution in [1.82, 2.24) is 30.5 Å². The number of benzene rings is 1. The van der Waals surface area contributed by atoms with Crippen LogP contribution in [0.4, 0.5) is 5.95 Å². The van der Waals surface area contributed by atoms with Crippen LogP contribution < -0.4 is 15.9 Å². The number of anilines is 1. The van der Waals surface area contributed by atoms with Crippen LogP contribution in [0.3, 0.4) is 0 Å². The van der Waals surface area contributed by atoms with E-state index in [2.05, 4.69) is 30.5 Å². The number of hydrogen-bond acceptors (Lipinski definition) is 6. The van der Waals surface area contributed by atoms with Gasteiger partial charge in [0, 0.05) is 30.9 Å². The lowest BCUT2D eigenvalue weighted by atomic mass is 10.1. The SMILES string of the molecule is CCc1cc(-c2ccc(C(=O)NCc3n[nH]c(=O)[nH]3)cc2)nc(N(C)C)n1. The van der Waals surface area contributed by atoms with Crippen LogP contribution >= 0.6 is 0 Å². The fraction of sp³-hybridized carbons (Fsp3) is 0.278. The molecular formula is C18H21N7O2. The molecule has 9 nitrogen and oxygen atoms in total. The molecule has 0 atom stereocenters. The number of aromatic amines is 2. The van der Waals surface area contributed by atoms with Crippen LogP contribution in [0, 0.1) is 0 Å². The van der Waals surface area contributed by atoms with E-state index >= 15 is 0 Å². The van der Waals surface area contributed by atoms with Gasteiger partial charge in [0.1, 0.15) is 5.82 Å². The quantitative estimate of drug-likeness (QED) is 0.600. The van der Waals surface area contributed by atoms with Gasteiger partial charge in [-0.1, -0.05) is 19.1 Å². The van der Waals surface area contributed by atoms with Crippen molar-refractivity contribution in [2.24, 2.45) is 0 Å². The van der Waals surface area contributed by atoms with Gasteiger partial charge in [-0.15, -0.1) is 0 Å². The normalized spacial score (nSPS) is 10.6. The van der Waals surface area contributed by atoms with Crippen LogP contribution in [0.1, 0.15) is 28.8 Å². The lowest BCUT2D eigenvalue weighted by Crippen LogP contribution is -2.23. The average Bonchev–Trinajstić information content (AvgIpc) is 3.11. The molecule has 0 aliphatic rings. The maximum Gasteiger partial charge on any atom is 0.340 e. The second kappa shape index (κ2) is 7.81. The van der Waals surface area contributed by atoms with Gasteiger partial charge in [-0.25, -0.2) is 19.9 Å². The largest absolute Gasteiger partial charge is 0.347 e. The van der Waals surface area contributed by atoms with Gasteiger partial charge >= 0.3 is 5.69 Å². The Bertz CT molecular complexity index is 989. The van der Waals surface area contributed by atoms with Crippen molar-refractivity contribution >= 4 is 11.9 Å². The zero-order chi connectivity index (χ0) is 19.4. The first-order valence-corrected chi connectivity index (χ1v) is 8.53. The molecule has 3 rings (SSSR count). The Balaban J connectivity index is 1.75. The molecule has 0 unspecified atom stereocenters.